The second-order valence-corrected chi connectivity index (χ2v) is 5.70. The van der Waals surface area contributed by atoms with Gasteiger partial charge in [0.05, 0.1) is 5.69 Å². The number of aromatic nitrogens is 3. The number of rotatable bonds is 7. The molecular formula is C18H16F3N7O. The number of nitrogens with one attached hydrogen (secondary N) is 4. The number of urea groups is 1. The summed E-state index contributed by atoms with van der Waals surface area (Å²) in [5, 5.41) is 18.6. The molecule has 1 aromatic carbocycles. The van der Waals surface area contributed by atoms with E-state index < -0.39 is 29.2 Å². The molecule has 0 aliphatic rings. The van der Waals surface area contributed by atoms with Crippen LogP contribution in [0.1, 0.15) is 0 Å². The molecule has 3 aromatic rings. The first-order valence-electron chi connectivity index (χ1n) is 8.46. The number of pyridine rings is 1. The predicted octanol–water partition coefficient (Wildman–Crippen LogP) is 3.27. The van der Waals surface area contributed by atoms with Gasteiger partial charge in [0.25, 0.3) is 0 Å². The quantitative estimate of drug-likeness (QED) is 0.357. The highest BCUT2D eigenvalue weighted by molar-refractivity contribution is 5.89. The van der Waals surface area contributed by atoms with Crippen LogP contribution in [0.4, 0.5) is 41.0 Å². The summed E-state index contributed by atoms with van der Waals surface area (Å²) < 4.78 is 39.5. The number of carbonyl (C=O) groups excluding carboxylic acids is 1. The largest absolute Gasteiger partial charge is 0.367 e. The van der Waals surface area contributed by atoms with Crippen molar-refractivity contribution >= 4 is 29.0 Å². The van der Waals surface area contributed by atoms with Crippen molar-refractivity contribution in [2.24, 2.45) is 0 Å². The second-order valence-electron chi connectivity index (χ2n) is 5.70. The van der Waals surface area contributed by atoms with Gasteiger partial charge in [-0.3, -0.25) is 4.98 Å². The Balaban J connectivity index is 1.41. The van der Waals surface area contributed by atoms with Crippen molar-refractivity contribution in [3.63, 3.8) is 0 Å². The minimum absolute atomic E-state index is 0.163. The zero-order valence-corrected chi connectivity index (χ0v) is 14.9. The first-order chi connectivity index (χ1) is 14.0. The Kier molecular flexibility index (Phi) is 6.40. The number of benzene rings is 1. The van der Waals surface area contributed by atoms with E-state index in [4.69, 9.17) is 0 Å². The van der Waals surface area contributed by atoms with E-state index in [-0.39, 0.29) is 6.54 Å². The first kappa shape index (κ1) is 19.9. The average Bonchev–Trinajstić information content (AvgIpc) is 2.73. The van der Waals surface area contributed by atoms with Crippen LogP contribution in [0.5, 0.6) is 0 Å². The van der Waals surface area contributed by atoms with E-state index >= 15 is 0 Å². The number of amides is 2. The predicted molar refractivity (Wildman–Crippen MR) is 101 cm³/mol. The molecule has 4 N–H and O–H groups in total. The van der Waals surface area contributed by atoms with Crippen LogP contribution in [-0.4, -0.2) is 34.3 Å². The van der Waals surface area contributed by atoms with Gasteiger partial charge in [0.1, 0.15) is 5.82 Å². The Hall–Kier alpha value is -3.89. The molecule has 0 saturated heterocycles. The summed E-state index contributed by atoms with van der Waals surface area (Å²) in [5.74, 6) is -3.41. The van der Waals surface area contributed by atoms with Crippen LogP contribution < -0.4 is 21.3 Å². The zero-order valence-electron chi connectivity index (χ0n) is 14.9. The molecule has 2 amide bonds. The van der Waals surface area contributed by atoms with Gasteiger partial charge in [0.15, 0.2) is 23.3 Å². The highest BCUT2D eigenvalue weighted by Gasteiger charge is 2.14. The zero-order chi connectivity index (χ0) is 20.6. The number of anilines is 4. The van der Waals surface area contributed by atoms with Crippen LogP contribution >= 0.6 is 0 Å². The minimum Gasteiger partial charge on any atom is -0.367 e. The summed E-state index contributed by atoms with van der Waals surface area (Å²) in [6.45, 7) is 0.468. The van der Waals surface area contributed by atoms with Crippen molar-refractivity contribution in [1.82, 2.24) is 20.5 Å². The number of hydrogen-bond acceptors (Lipinski definition) is 6. The fourth-order valence-corrected chi connectivity index (χ4v) is 2.23. The van der Waals surface area contributed by atoms with Crippen molar-refractivity contribution in [3.05, 3.63) is 66.2 Å². The van der Waals surface area contributed by atoms with Crippen LogP contribution in [0.3, 0.4) is 0 Å². The van der Waals surface area contributed by atoms with Gasteiger partial charge in [-0.2, -0.15) is 0 Å². The Labute approximate surface area is 163 Å². The van der Waals surface area contributed by atoms with Crippen molar-refractivity contribution in [2.45, 2.75) is 0 Å². The number of nitrogens with zero attached hydrogens (tertiary/aromatic N) is 3. The number of halogens is 3. The molecule has 0 unspecified atom stereocenters. The lowest BCUT2D eigenvalue weighted by Gasteiger charge is -2.10. The van der Waals surface area contributed by atoms with Crippen molar-refractivity contribution in [1.29, 1.82) is 0 Å². The third-order valence-electron chi connectivity index (χ3n) is 3.62. The third-order valence-corrected chi connectivity index (χ3v) is 3.62. The SMILES string of the molecule is O=C(NCCNc1ccc(Nc2ccncc2)nn1)Nc1ccc(F)c(F)c1F. The third kappa shape index (κ3) is 5.54. The van der Waals surface area contributed by atoms with Gasteiger partial charge in [-0.15, -0.1) is 10.2 Å². The summed E-state index contributed by atoms with van der Waals surface area (Å²) in [7, 11) is 0. The summed E-state index contributed by atoms with van der Waals surface area (Å²) in [4.78, 5) is 15.6. The molecule has 2 aromatic heterocycles. The van der Waals surface area contributed by atoms with Gasteiger partial charge in [0.2, 0.25) is 0 Å². The van der Waals surface area contributed by atoms with Crippen molar-refractivity contribution in [3.8, 4) is 0 Å². The number of hydrogen-bond donors (Lipinski definition) is 4. The Morgan fingerprint density at radius 3 is 2.31 bits per heavy atom. The highest BCUT2D eigenvalue weighted by Crippen LogP contribution is 2.19. The van der Waals surface area contributed by atoms with Crippen molar-refractivity contribution < 1.29 is 18.0 Å². The van der Waals surface area contributed by atoms with Gasteiger partial charge in [-0.05, 0) is 36.4 Å². The van der Waals surface area contributed by atoms with Gasteiger partial charge in [0, 0.05) is 31.2 Å². The molecule has 0 bridgehead atoms. The maximum absolute atomic E-state index is 13.5. The Bertz CT molecular complexity index is 971. The maximum Gasteiger partial charge on any atom is 0.319 e. The fourth-order valence-electron chi connectivity index (χ4n) is 2.23. The molecule has 0 spiro atoms. The Morgan fingerprint density at radius 1 is 0.862 bits per heavy atom. The molecular weight excluding hydrogens is 387 g/mol. The van der Waals surface area contributed by atoms with Gasteiger partial charge in [-0.25, -0.2) is 18.0 Å². The molecule has 3 rings (SSSR count). The molecule has 11 heteroatoms. The molecule has 2 heterocycles. The summed E-state index contributed by atoms with van der Waals surface area (Å²) in [5.41, 5.74) is 0.361. The molecule has 0 fully saturated rings. The van der Waals surface area contributed by atoms with E-state index in [1.165, 1.54) is 0 Å². The van der Waals surface area contributed by atoms with E-state index in [0.717, 1.165) is 17.8 Å². The topological polar surface area (TPSA) is 104 Å². The lowest BCUT2D eigenvalue weighted by atomic mass is 10.3. The summed E-state index contributed by atoms with van der Waals surface area (Å²) in [6, 6.07) is 7.90. The lowest BCUT2D eigenvalue weighted by Crippen LogP contribution is -2.33. The fraction of sp³-hybridized carbons (Fsp3) is 0.111. The highest BCUT2D eigenvalue weighted by atomic mass is 19.2. The molecule has 0 atom stereocenters. The van der Waals surface area contributed by atoms with Crippen LogP contribution in [0, 0.1) is 17.5 Å². The normalized spacial score (nSPS) is 10.3. The maximum atomic E-state index is 13.5. The van der Waals surface area contributed by atoms with E-state index in [2.05, 4.69) is 36.4 Å². The molecule has 8 nitrogen and oxygen atoms in total. The van der Waals surface area contributed by atoms with E-state index in [0.29, 0.717) is 18.2 Å². The molecule has 0 aliphatic heterocycles. The second kappa shape index (κ2) is 9.35. The standard InChI is InChI=1S/C18H16F3N7O/c19-12-1-2-13(17(21)16(12)20)26-18(29)24-10-9-23-14-3-4-15(28-27-14)25-11-5-7-22-8-6-11/h1-8H,9-10H2,(H,23,27)(H,22,25,28)(H2,24,26,29). The molecule has 0 saturated carbocycles. The Morgan fingerprint density at radius 2 is 1.59 bits per heavy atom. The molecule has 29 heavy (non-hydrogen) atoms. The van der Waals surface area contributed by atoms with Gasteiger partial charge < -0.3 is 21.3 Å². The van der Waals surface area contributed by atoms with E-state index in [1.54, 1.807) is 36.7 Å². The smallest absolute Gasteiger partial charge is 0.319 e. The monoisotopic (exact) mass is 403 g/mol. The summed E-state index contributed by atoms with van der Waals surface area (Å²) in [6.07, 6.45) is 3.30. The van der Waals surface area contributed by atoms with Crippen molar-refractivity contribution in [2.75, 3.05) is 29.0 Å². The van der Waals surface area contributed by atoms with Crippen LogP contribution in [0.15, 0.2) is 48.8 Å². The van der Waals surface area contributed by atoms with Gasteiger partial charge >= 0.3 is 6.03 Å². The van der Waals surface area contributed by atoms with E-state index in [9.17, 15) is 18.0 Å². The van der Waals surface area contributed by atoms with Crippen LogP contribution in [-0.2, 0) is 0 Å². The number of carbonyl (C=O) groups is 1. The molecule has 0 radical (unpaired) electrons. The van der Waals surface area contributed by atoms with E-state index in [1.807, 2.05) is 0 Å². The molecule has 150 valence electrons. The molecule has 0 aliphatic carbocycles. The summed E-state index contributed by atoms with van der Waals surface area (Å²) >= 11 is 0. The van der Waals surface area contributed by atoms with Gasteiger partial charge in [-0.1, -0.05) is 0 Å². The average molecular weight is 403 g/mol. The minimum atomic E-state index is -1.65. The lowest BCUT2D eigenvalue weighted by molar-refractivity contribution is 0.252. The van der Waals surface area contributed by atoms with Crippen LogP contribution in [0.2, 0.25) is 0 Å². The first-order valence-corrected chi connectivity index (χ1v) is 8.46. The van der Waals surface area contributed by atoms with Crippen LogP contribution in [0.25, 0.3) is 0 Å².